The number of sulfonamides is 1. The van der Waals surface area contributed by atoms with E-state index in [2.05, 4.69) is 20.7 Å². The van der Waals surface area contributed by atoms with Gasteiger partial charge < -0.3 is 9.47 Å². The van der Waals surface area contributed by atoms with Gasteiger partial charge >= 0.3 is 5.97 Å². The molecule has 0 heterocycles. The van der Waals surface area contributed by atoms with E-state index in [1.54, 1.807) is 19.1 Å². The van der Waals surface area contributed by atoms with Gasteiger partial charge in [0.2, 0.25) is 0 Å². The Morgan fingerprint density at radius 1 is 1.21 bits per heavy atom. The predicted octanol–water partition coefficient (Wildman–Crippen LogP) is 3.44. The van der Waals surface area contributed by atoms with Crippen molar-refractivity contribution in [3.8, 4) is 5.75 Å². The maximum Gasteiger partial charge on any atom is 0.340 e. The minimum absolute atomic E-state index is 0.0360. The Balaban J connectivity index is 2.36. The van der Waals surface area contributed by atoms with Crippen LogP contribution in [-0.2, 0) is 14.8 Å². The van der Waals surface area contributed by atoms with Crippen LogP contribution < -0.4 is 9.46 Å². The van der Waals surface area contributed by atoms with Crippen molar-refractivity contribution >= 4 is 37.6 Å². The number of hydrogen-bond acceptors (Lipinski definition) is 5. The molecule has 1 N–H and O–H groups in total. The molecule has 0 bridgehead atoms. The van der Waals surface area contributed by atoms with Gasteiger partial charge in [-0.25, -0.2) is 13.2 Å². The fourth-order valence-corrected chi connectivity index (χ4v) is 3.77. The number of methoxy groups -OCH3 is 1. The second-order valence-corrected chi connectivity index (χ2v) is 7.20. The summed E-state index contributed by atoms with van der Waals surface area (Å²) in [7, 11) is -2.39. The van der Waals surface area contributed by atoms with Crippen molar-refractivity contribution < 1.29 is 22.7 Å². The molecular formula is C16H16BrNO5S. The van der Waals surface area contributed by atoms with Crippen LogP contribution in [-0.4, -0.2) is 28.1 Å². The van der Waals surface area contributed by atoms with Crippen LogP contribution in [0.5, 0.6) is 5.75 Å². The molecule has 6 nitrogen and oxygen atoms in total. The largest absolute Gasteiger partial charge is 0.496 e. The Hall–Kier alpha value is -2.06. The van der Waals surface area contributed by atoms with Gasteiger partial charge in [0, 0.05) is 0 Å². The van der Waals surface area contributed by atoms with Crippen LogP contribution in [0.3, 0.4) is 0 Å². The summed E-state index contributed by atoms with van der Waals surface area (Å²) >= 11 is 3.25. The summed E-state index contributed by atoms with van der Waals surface area (Å²) in [5, 5.41) is 0. The minimum atomic E-state index is -3.88. The molecule has 2 rings (SSSR count). The molecule has 0 saturated carbocycles. The molecule has 24 heavy (non-hydrogen) atoms. The van der Waals surface area contributed by atoms with Crippen molar-refractivity contribution in [1.82, 2.24) is 0 Å². The highest BCUT2D eigenvalue weighted by atomic mass is 79.9. The highest BCUT2D eigenvalue weighted by molar-refractivity contribution is 9.10. The smallest absolute Gasteiger partial charge is 0.340 e. The van der Waals surface area contributed by atoms with Crippen LogP contribution in [0.4, 0.5) is 5.69 Å². The summed E-state index contributed by atoms with van der Waals surface area (Å²) in [5.74, 6) is -0.0763. The number of anilines is 1. The molecule has 128 valence electrons. The number of para-hydroxylation sites is 1. The van der Waals surface area contributed by atoms with E-state index in [9.17, 15) is 13.2 Å². The SMILES string of the molecule is CCOC(=O)c1ccccc1NS(=O)(=O)c1ccc(OC)c(Br)c1. The third-order valence-corrected chi connectivity index (χ3v) is 5.08. The minimum Gasteiger partial charge on any atom is -0.496 e. The fourth-order valence-electron chi connectivity index (χ4n) is 1.98. The van der Waals surface area contributed by atoms with Crippen LogP contribution in [0, 0.1) is 0 Å². The molecule has 0 aliphatic rings. The van der Waals surface area contributed by atoms with Crippen molar-refractivity contribution in [2.45, 2.75) is 11.8 Å². The van der Waals surface area contributed by atoms with Gasteiger partial charge in [0.05, 0.1) is 34.3 Å². The Kier molecular flexibility index (Phi) is 5.84. The number of esters is 1. The zero-order valence-corrected chi connectivity index (χ0v) is 15.5. The van der Waals surface area contributed by atoms with E-state index >= 15 is 0 Å². The van der Waals surface area contributed by atoms with Gasteiger partial charge in [0.15, 0.2) is 0 Å². The lowest BCUT2D eigenvalue weighted by Gasteiger charge is -2.13. The first-order valence-electron chi connectivity index (χ1n) is 7.01. The number of rotatable bonds is 6. The maximum atomic E-state index is 12.6. The Morgan fingerprint density at radius 2 is 1.92 bits per heavy atom. The summed E-state index contributed by atoms with van der Waals surface area (Å²) < 4.78 is 38.1. The molecule has 8 heteroatoms. The van der Waals surface area contributed by atoms with Gasteiger partial charge in [0.1, 0.15) is 5.75 Å². The highest BCUT2D eigenvalue weighted by Crippen LogP contribution is 2.29. The van der Waals surface area contributed by atoms with Crippen molar-refractivity contribution in [2.75, 3.05) is 18.4 Å². The van der Waals surface area contributed by atoms with Crippen molar-refractivity contribution in [3.63, 3.8) is 0 Å². The zero-order chi connectivity index (χ0) is 17.7. The number of halogens is 1. The van der Waals surface area contributed by atoms with Crippen LogP contribution in [0.2, 0.25) is 0 Å². The number of benzene rings is 2. The predicted molar refractivity (Wildman–Crippen MR) is 93.9 cm³/mol. The van der Waals surface area contributed by atoms with Crippen LogP contribution in [0.1, 0.15) is 17.3 Å². The quantitative estimate of drug-likeness (QED) is 0.733. The lowest BCUT2D eigenvalue weighted by molar-refractivity contribution is 0.0527. The molecule has 0 aliphatic heterocycles. The second kappa shape index (κ2) is 7.67. The summed E-state index contributed by atoms with van der Waals surface area (Å²) in [5.41, 5.74) is 0.304. The Labute approximate surface area is 149 Å². The van der Waals surface area contributed by atoms with Crippen LogP contribution in [0.15, 0.2) is 51.8 Å². The second-order valence-electron chi connectivity index (χ2n) is 4.67. The van der Waals surface area contributed by atoms with Gasteiger partial charge in [-0.2, -0.15) is 0 Å². The van der Waals surface area contributed by atoms with Crippen LogP contribution >= 0.6 is 15.9 Å². The first kappa shape index (κ1) is 18.3. The van der Waals surface area contributed by atoms with E-state index in [0.717, 1.165) is 0 Å². The molecule has 2 aromatic carbocycles. The molecule has 2 aromatic rings. The molecule has 0 aromatic heterocycles. The Bertz CT molecular complexity index is 851. The topological polar surface area (TPSA) is 81.7 Å². The van der Waals surface area contributed by atoms with Crippen molar-refractivity contribution in [2.24, 2.45) is 0 Å². The average Bonchev–Trinajstić information content (AvgIpc) is 2.55. The molecular weight excluding hydrogens is 398 g/mol. The van der Waals surface area contributed by atoms with Crippen LogP contribution in [0.25, 0.3) is 0 Å². The molecule has 0 spiro atoms. The molecule has 0 radical (unpaired) electrons. The van der Waals surface area contributed by atoms with E-state index in [0.29, 0.717) is 10.2 Å². The molecule has 0 fully saturated rings. The molecule has 0 atom stereocenters. The number of carbonyl (C=O) groups excluding carboxylic acids is 1. The monoisotopic (exact) mass is 413 g/mol. The summed E-state index contributed by atoms with van der Waals surface area (Å²) in [6.07, 6.45) is 0. The summed E-state index contributed by atoms with van der Waals surface area (Å²) in [4.78, 5) is 12.0. The number of carbonyl (C=O) groups is 1. The van der Waals surface area contributed by atoms with Crippen molar-refractivity contribution in [3.05, 3.63) is 52.5 Å². The maximum absolute atomic E-state index is 12.6. The number of ether oxygens (including phenoxy) is 2. The van der Waals surface area contributed by atoms with Gasteiger partial charge in [-0.05, 0) is 53.2 Å². The third kappa shape index (κ3) is 4.07. The first-order valence-corrected chi connectivity index (χ1v) is 9.29. The average molecular weight is 414 g/mol. The van der Waals surface area contributed by atoms with E-state index in [4.69, 9.17) is 9.47 Å². The molecule has 0 amide bonds. The first-order chi connectivity index (χ1) is 11.4. The lowest BCUT2D eigenvalue weighted by atomic mass is 10.2. The summed E-state index contributed by atoms with van der Waals surface area (Å²) in [6, 6.07) is 10.6. The normalized spacial score (nSPS) is 11.0. The molecule has 0 unspecified atom stereocenters. The summed E-state index contributed by atoms with van der Waals surface area (Å²) in [6.45, 7) is 1.88. The van der Waals surface area contributed by atoms with Gasteiger partial charge in [-0.15, -0.1) is 0 Å². The molecule has 0 saturated heterocycles. The lowest BCUT2D eigenvalue weighted by Crippen LogP contribution is -2.16. The van der Waals surface area contributed by atoms with E-state index in [-0.39, 0.29) is 22.8 Å². The van der Waals surface area contributed by atoms with E-state index < -0.39 is 16.0 Å². The standard InChI is InChI=1S/C16H16BrNO5S/c1-3-23-16(19)12-6-4-5-7-14(12)18-24(20,21)11-8-9-15(22-2)13(17)10-11/h4-10,18H,3H2,1-2H3. The third-order valence-electron chi connectivity index (χ3n) is 3.10. The van der Waals surface area contributed by atoms with E-state index in [1.807, 2.05) is 0 Å². The van der Waals surface area contributed by atoms with Gasteiger partial charge in [-0.1, -0.05) is 12.1 Å². The van der Waals surface area contributed by atoms with Gasteiger partial charge in [0.25, 0.3) is 10.0 Å². The number of hydrogen-bond donors (Lipinski definition) is 1. The van der Waals surface area contributed by atoms with E-state index in [1.165, 1.54) is 37.4 Å². The molecule has 0 aliphatic carbocycles. The Morgan fingerprint density at radius 3 is 2.54 bits per heavy atom. The fraction of sp³-hybridized carbons (Fsp3) is 0.188. The van der Waals surface area contributed by atoms with Crippen molar-refractivity contribution in [1.29, 1.82) is 0 Å². The highest BCUT2D eigenvalue weighted by Gasteiger charge is 2.20. The number of nitrogens with one attached hydrogen (secondary N) is 1. The van der Waals surface area contributed by atoms with Gasteiger partial charge in [-0.3, -0.25) is 4.72 Å². The zero-order valence-electron chi connectivity index (χ0n) is 13.1.